The number of nitrogens with zero attached hydrogens (tertiary/aromatic N) is 1. The number of hydrogen-bond acceptors (Lipinski definition) is 6. The quantitative estimate of drug-likeness (QED) is 0.598. The van der Waals surface area contributed by atoms with E-state index in [1.807, 2.05) is 30.3 Å². The first-order chi connectivity index (χ1) is 11.7. The van der Waals surface area contributed by atoms with Gasteiger partial charge in [0, 0.05) is 19.3 Å². The number of aromatic nitrogens is 1. The van der Waals surface area contributed by atoms with E-state index in [0.717, 1.165) is 5.56 Å². The molecule has 0 bridgehead atoms. The number of anilines is 1. The number of esters is 1. The summed E-state index contributed by atoms with van der Waals surface area (Å²) in [5, 5.41) is 5.65. The van der Waals surface area contributed by atoms with E-state index in [2.05, 4.69) is 20.4 Å². The number of nitrogens with one attached hydrogen (secondary N) is 2. The van der Waals surface area contributed by atoms with Gasteiger partial charge < -0.3 is 20.1 Å². The van der Waals surface area contributed by atoms with Crippen LogP contribution in [0.15, 0.2) is 48.7 Å². The molecular weight excluding hydrogens is 310 g/mol. The molecule has 0 radical (unpaired) electrons. The lowest BCUT2D eigenvalue weighted by atomic mass is 10.2. The van der Waals surface area contributed by atoms with Crippen molar-refractivity contribution in [2.75, 3.05) is 25.5 Å². The summed E-state index contributed by atoms with van der Waals surface area (Å²) in [5.74, 6) is -0.520. The summed E-state index contributed by atoms with van der Waals surface area (Å²) in [6, 6.07) is 12.8. The second kappa shape index (κ2) is 9.14. The van der Waals surface area contributed by atoms with Crippen molar-refractivity contribution in [2.45, 2.75) is 6.61 Å². The van der Waals surface area contributed by atoms with E-state index in [-0.39, 0.29) is 12.3 Å². The minimum absolute atomic E-state index is 0.201. The summed E-state index contributed by atoms with van der Waals surface area (Å²) < 4.78 is 9.76. The third kappa shape index (κ3) is 5.28. The zero-order valence-corrected chi connectivity index (χ0v) is 13.3. The highest BCUT2D eigenvalue weighted by atomic mass is 16.5. The molecule has 2 rings (SSSR count). The average Bonchev–Trinajstić information content (AvgIpc) is 2.64. The van der Waals surface area contributed by atoms with E-state index in [9.17, 15) is 9.59 Å². The number of pyridine rings is 1. The van der Waals surface area contributed by atoms with Crippen LogP contribution in [0.5, 0.6) is 0 Å². The summed E-state index contributed by atoms with van der Waals surface area (Å²) in [4.78, 5) is 27.2. The highest BCUT2D eigenvalue weighted by Crippen LogP contribution is 2.12. The number of ether oxygens (including phenoxy) is 2. The Bertz CT molecular complexity index is 677. The maximum absolute atomic E-state index is 11.6. The second-order valence-corrected chi connectivity index (χ2v) is 4.81. The summed E-state index contributed by atoms with van der Waals surface area (Å²) in [5.41, 5.74) is 1.67. The summed E-state index contributed by atoms with van der Waals surface area (Å²) in [6.07, 6.45) is 1.01. The Kier molecular flexibility index (Phi) is 6.58. The first-order valence-electron chi connectivity index (χ1n) is 7.42. The van der Waals surface area contributed by atoms with Gasteiger partial charge in [-0.05, 0) is 17.7 Å². The zero-order chi connectivity index (χ0) is 17.2. The van der Waals surface area contributed by atoms with Gasteiger partial charge in [0.15, 0.2) is 5.69 Å². The fraction of sp³-hybridized carbons (Fsp3) is 0.235. The zero-order valence-electron chi connectivity index (χ0n) is 13.3. The molecule has 0 atom stereocenters. The first-order valence-corrected chi connectivity index (χ1v) is 7.42. The smallest absolute Gasteiger partial charge is 0.407 e. The Morgan fingerprint density at radius 2 is 1.88 bits per heavy atom. The van der Waals surface area contributed by atoms with E-state index in [1.165, 1.54) is 13.3 Å². The highest BCUT2D eigenvalue weighted by Gasteiger charge is 2.12. The molecular formula is C17H19N3O4. The van der Waals surface area contributed by atoms with Crippen LogP contribution in [0.4, 0.5) is 10.5 Å². The number of benzene rings is 1. The molecule has 1 aromatic carbocycles. The number of hydrogen-bond donors (Lipinski definition) is 2. The minimum atomic E-state index is -0.520. The van der Waals surface area contributed by atoms with Crippen LogP contribution in [0.3, 0.4) is 0 Å². The van der Waals surface area contributed by atoms with Crippen LogP contribution in [0.25, 0.3) is 0 Å². The average molecular weight is 329 g/mol. The summed E-state index contributed by atoms with van der Waals surface area (Å²) in [7, 11) is 1.30. The predicted octanol–water partition coefficient (Wildman–Crippen LogP) is 2.21. The molecule has 0 aliphatic rings. The second-order valence-electron chi connectivity index (χ2n) is 4.81. The molecule has 0 fully saturated rings. The lowest BCUT2D eigenvalue weighted by Gasteiger charge is -2.10. The third-order valence-corrected chi connectivity index (χ3v) is 3.11. The maximum atomic E-state index is 11.6. The Labute approximate surface area is 140 Å². The molecule has 0 aliphatic heterocycles. The van der Waals surface area contributed by atoms with Crippen molar-refractivity contribution in [3.63, 3.8) is 0 Å². The van der Waals surface area contributed by atoms with Gasteiger partial charge in [0.25, 0.3) is 0 Å². The van der Waals surface area contributed by atoms with Crippen LogP contribution in [0.1, 0.15) is 16.1 Å². The monoisotopic (exact) mass is 329 g/mol. The fourth-order valence-corrected chi connectivity index (χ4v) is 1.94. The molecule has 24 heavy (non-hydrogen) atoms. The summed E-state index contributed by atoms with van der Waals surface area (Å²) in [6.45, 7) is 0.967. The lowest BCUT2D eigenvalue weighted by molar-refractivity contribution is 0.0595. The van der Waals surface area contributed by atoms with Crippen molar-refractivity contribution in [1.82, 2.24) is 10.3 Å². The van der Waals surface area contributed by atoms with E-state index in [4.69, 9.17) is 4.74 Å². The normalized spacial score (nSPS) is 9.88. The Morgan fingerprint density at radius 1 is 1.08 bits per heavy atom. The van der Waals surface area contributed by atoms with Gasteiger partial charge in [0.05, 0.1) is 12.8 Å². The van der Waals surface area contributed by atoms with Crippen LogP contribution < -0.4 is 10.6 Å². The molecule has 0 saturated carbocycles. The van der Waals surface area contributed by atoms with Crippen molar-refractivity contribution in [3.05, 3.63) is 59.9 Å². The fourth-order valence-electron chi connectivity index (χ4n) is 1.94. The molecule has 1 heterocycles. The van der Waals surface area contributed by atoms with Gasteiger partial charge in [-0.2, -0.15) is 0 Å². The lowest BCUT2D eigenvalue weighted by Crippen LogP contribution is -2.29. The van der Waals surface area contributed by atoms with Crippen LogP contribution in [-0.2, 0) is 16.1 Å². The van der Waals surface area contributed by atoms with Crippen LogP contribution in [0, 0.1) is 0 Å². The van der Waals surface area contributed by atoms with Crippen LogP contribution in [-0.4, -0.2) is 37.2 Å². The van der Waals surface area contributed by atoms with Crippen molar-refractivity contribution >= 4 is 17.7 Å². The van der Waals surface area contributed by atoms with Crippen molar-refractivity contribution in [1.29, 1.82) is 0 Å². The van der Waals surface area contributed by atoms with Crippen molar-refractivity contribution in [3.8, 4) is 0 Å². The molecule has 2 aromatic rings. The van der Waals surface area contributed by atoms with Gasteiger partial charge in [0.1, 0.15) is 6.61 Å². The molecule has 2 N–H and O–H groups in total. The number of carbonyl (C=O) groups excluding carboxylic acids is 2. The first kappa shape index (κ1) is 17.3. The molecule has 0 spiro atoms. The number of carbonyl (C=O) groups is 2. The SMILES string of the molecule is COC(=O)c1ncccc1NCCNC(=O)OCc1ccccc1. The van der Waals surface area contributed by atoms with Gasteiger partial charge in [-0.25, -0.2) is 14.6 Å². The third-order valence-electron chi connectivity index (χ3n) is 3.11. The van der Waals surface area contributed by atoms with Gasteiger partial charge in [-0.15, -0.1) is 0 Å². The van der Waals surface area contributed by atoms with Gasteiger partial charge in [-0.3, -0.25) is 0 Å². The van der Waals surface area contributed by atoms with Gasteiger partial charge in [-0.1, -0.05) is 30.3 Å². The van der Waals surface area contributed by atoms with Crippen LogP contribution in [0.2, 0.25) is 0 Å². The molecule has 0 unspecified atom stereocenters. The van der Waals surface area contributed by atoms with E-state index < -0.39 is 12.1 Å². The van der Waals surface area contributed by atoms with Crippen LogP contribution >= 0.6 is 0 Å². The molecule has 7 nitrogen and oxygen atoms in total. The Morgan fingerprint density at radius 3 is 2.62 bits per heavy atom. The number of rotatable bonds is 7. The van der Waals surface area contributed by atoms with E-state index in [0.29, 0.717) is 18.8 Å². The molecule has 126 valence electrons. The number of alkyl carbamates (subject to hydrolysis) is 1. The molecule has 1 aromatic heterocycles. The number of methoxy groups -OCH3 is 1. The number of amides is 1. The Balaban J connectivity index is 1.71. The standard InChI is InChI=1S/C17H19N3O4/c1-23-16(21)15-14(8-5-9-19-15)18-10-11-20-17(22)24-12-13-6-3-2-4-7-13/h2-9,18H,10-12H2,1H3,(H,20,22). The van der Waals surface area contributed by atoms with E-state index in [1.54, 1.807) is 12.1 Å². The van der Waals surface area contributed by atoms with Crippen molar-refractivity contribution in [2.24, 2.45) is 0 Å². The Hall–Kier alpha value is -3.09. The maximum Gasteiger partial charge on any atom is 0.407 e. The predicted molar refractivity (Wildman–Crippen MR) is 88.7 cm³/mol. The molecule has 1 amide bonds. The van der Waals surface area contributed by atoms with Crippen molar-refractivity contribution < 1.29 is 19.1 Å². The largest absolute Gasteiger partial charge is 0.464 e. The molecule has 7 heteroatoms. The van der Waals surface area contributed by atoms with Gasteiger partial charge in [0.2, 0.25) is 0 Å². The van der Waals surface area contributed by atoms with E-state index >= 15 is 0 Å². The topological polar surface area (TPSA) is 89.5 Å². The van der Waals surface area contributed by atoms with Gasteiger partial charge >= 0.3 is 12.1 Å². The summed E-state index contributed by atoms with van der Waals surface area (Å²) >= 11 is 0. The minimum Gasteiger partial charge on any atom is -0.464 e. The highest BCUT2D eigenvalue weighted by molar-refractivity contribution is 5.93. The molecule has 0 saturated heterocycles. The molecule has 0 aliphatic carbocycles.